The van der Waals surface area contributed by atoms with Gasteiger partial charge >= 0.3 is 0 Å². The predicted octanol–water partition coefficient (Wildman–Crippen LogP) is 4.40. The van der Waals surface area contributed by atoms with Crippen LogP contribution in [0.4, 0.5) is 11.4 Å². The molecule has 2 amide bonds. The Morgan fingerprint density at radius 2 is 1.96 bits per heavy atom. The summed E-state index contributed by atoms with van der Waals surface area (Å²) in [5, 5.41) is 4.88. The molecule has 1 saturated heterocycles. The number of nitrogens with one attached hydrogen (secondary N) is 1. The van der Waals surface area contributed by atoms with Gasteiger partial charge in [-0.15, -0.1) is 0 Å². The van der Waals surface area contributed by atoms with Crippen LogP contribution in [0.1, 0.15) is 18.4 Å². The molecule has 1 fully saturated rings. The summed E-state index contributed by atoms with van der Waals surface area (Å²) in [6, 6.07) is 17.4. The largest absolute Gasteiger partial charge is 0.325 e. The van der Waals surface area contributed by atoms with Crippen molar-refractivity contribution in [1.82, 2.24) is 4.98 Å². The van der Waals surface area contributed by atoms with Gasteiger partial charge in [0.15, 0.2) is 0 Å². The lowest BCUT2D eigenvalue weighted by Crippen LogP contribution is -2.23. The van der Waals surface area contributed by atoms with Crippen molar-refractivity contribution in [3.8, 4) is 0 Å². The second-order valence-electron chi connectivity index (χ2n) is 6.83. The Kier molecular flexibility index (Phi) is 5.30. The molecular formula is C22H21N3O2S. The first-order valence-electron chi connectivity index (χ1n) is 9.29. The molecule has 6 heteroatoms. The lowest BCUT2D eigenvalue weighted by molar-refractivity contribution is -0.117. The van der Waals surface area contributed by atoms with Gasteiger partial charge in [0, 0.05) is 29.7 Å². The summed E-state index contributed by atoms with van der Waals surface area (Å²) in [5.74, 6) is 0.367. The predicted molar refractivity (Wildman–Crippen MR) is 114 cm³/mol. The number of fused-ring (bicyclic) bond motifs is 1. The van der Waals surface area contributed by atoms with Gasteiger partial charge in [-0.1, -0.05) is 30.0 Å². The highest BCUT2D eigenvalue weighted by molar-refractivity contribution is 7.99. The molecule has 0 bridgehead atoms. The molecule has 2 heterocycles. The van der Waals surface area contributed by atoms with E-state index in [2.05, 4.69) is 23.3 Å². The van der Waals surface area contributed by atoms with E-state index in [4.69, 9.17) is 0 Å². The molecule has 0 spiro atoms. The quantitative estimate of drug-likeness (QED) is 0.655. The summed E-state index contributed by atoms with van der Waals surface area (Å²) in [4.78, 5) is 30.5. The Bertz CT molecular complexity index is 1030. The van der Waals surface area contributed by atoms with Crippen LogP contribution in [-0.4, -0.2) is 29.1 Å². The third kappa shape index (κ3) is 4.02. The van der Waals surface area contributed by atoms with E-state index in [0.29, 0.717) is 6.42 Å². The van der Waals surface area contributed by atoms with Crippen LogP contribution in [0.25, 0.3) is 10.9 Å². The first-order chi connectivity index (χ1) is 13.6. The van der Waals surface area contributed by atoms with Gasteiger partial charge in [-0.2, -0.15) is 0 Å². The molecule has 1 aliphatic rings. The Labute approximate surface area is 168 Å². The SMILES string of the molecule is Cc1cc(SCC(=O)Nc2ccc(N3CCCC3=O)cc2)nc2ccccc12. The second kappa shape index (κ2) is 8.02. The minimum atomic E-state index is -0.0809. The van der Waals surface area contributed by atoms with Gasteiger partial charge in [-0.3, -0.25) is 9.59 Å². The zero-order chi connectivity index (χ0) is 19.5. The number of carbonyl (C=O) groups excluding carboxylic acids is 2. The number of pyridine rings is 1. The van der Waals surface area contributed by atoms with E-state index in [1.807, 2.05) is 48.5 Å². The molecule has 0 radical (unpaired) electrons. The monoisotopic (exact) mass is 391 g/mol. The van der Waals surface area contributed by atoms with Crippen LogP contribution in [0.5, 0.6) is 0 Å². The highest BCUT2D eigenvalue weighted by Gasteiger charge is 2.21. The highest BCUT2D eigenvalue weighted by Crippen LogP contribution is 2.25. The lowest BCUT2D eigenvalue weighted by atomic mass is 10.1. The van der Waals surface area contributed by atoms with E-state index in [-0.39, 0.29) is 17.6 Å². The maximum Gasteiger partial charge on any atom is 0.234 e. The van der Waals surface area contributed by atoms with Gasteiger partial charge in [-0.25, -0.2) is 4.98 Å². The molecule has 28 heavy (non-hydrogen) atoms. The molecule has 1 aromatic heterocycles. The molecule has 1 aliphatic heterocycles. The number of para-hydroxylation sites is 1. The number of carbonyl (C=O) groups is 2. The minimum Gasteiger partial charge on any atom is -0.325 e. The topological polar surface area (TPSA) is 62.3 Å². The zero-order valence-corrected chi connectivity index (χ0v) is 16.5. The summed E-state index contributed by atoms with van der Waals surface area (Å²) in [6.07, 6.45) is 1.51. The summed E-state index contributed by atoms with van der Waals surface area (Å²) in [6.45, 7) is 2.82. The fraction of sp³-hybridized carbons (Fsp3) is 0.227. The first kappa shape index (κ1) is 18.5. The molecule has 1 N–H and O–H groups in total. The Morgan fingerprint density at radius 3 is 2.71 bits per heavy atom. The standard InChI is InChI=1S/C22H21N3O2S/c1-15-13-21(24-19-6-3-2-5-18(15)19)28-14-20(26)23-16-8-10-17(11-9-16)25-12-4-7-22(25)27/h2-3,5-6,8-11,13H,4,7,12,14H2,1H3,(H,23,26). The average Bonchev–Trinajstić information content (AvgIpc) is 3.13. The third-order valence-corrected chi connectivity index (χ3v) is 5.70. The number of aromatic nitrogens is 1. The lowest BCUT2D eigenvalue weighted by Gasteiger charge is -2.16. The molecular weight excluding hydrogens is 370 g/mol. The molecule has 0 saturated carbocycles. The number of benzene rings is 2. The van der Waals surface area contributed by atoms with Crippen LogP contribution < -0.4 is 10.2 Å². The molecule has 0 aliphatic carbocycles. The maximum atomic E-state index is 12.3. The number of rotatable bonds is 5. The van der Waals surface area contributed by atoms with Gasteiger partial charge < -0.3 is 10.2 Å². The number of hydrogen-bond acceptors (Lipinski definition) is 4. The summed E-state index contributed by atoms with van der Waals surface area (Å²) < 4.78 is 0. The molecule has 3 aromatic rings. The van der Waals surface area contributed by atoms with E-state index >= 15 is 0 Å². The number of thioether (sulfide) groups is 1. The normalized spacial score (nSPS) is 13.9. The zero-order valence-electron chi connectivity index (χ0n) is 15.6. The van der Waals surface area contributed by atoms with Gasteiger partial charge in [0.1, 0.15) is 0 Å². The van der Waals surface area contributed by atoms with E-state index in [0.717, 1.165) is 45.8 Å². The molecule has 2 aromatic carbocycles. The number of amides is 2. The van der Waals surface area contributed by atoms with Crippen LogP contribution in [-0.2, 0) is 9.59 Å². The summed E-state index contributed by atoms with van der Waals surface area (Å²) >= 11 is 1.42. The third-order valence-electron chi connectivity index (χ3n) is 4.79. The number of aryl methyl sites for hydroxylation is 1. The van der Waals surface area contributed by atoms with Gasteiger partial charge in [0.25, 0.3) is 0 Å². The van der Waals surface area contributed by atoms with Crippen LogP contribution in [0, 0.1) is 6.92 Å². The van der Waals surface area contributed by atoms with Gasteiger partial charge in [0.2, 0.25) is 11.8 Å². The van der Waals surface area contributed by atoms with Crippen LogP contribution >= 0.6 is 11.8 Å². The van der Waals surface area contributed by atoms with Crippen LogP contribution in [0.15, 0.2) is 59.6 Å². The Hall–Kier alpha value is -2.86. The molecule has 142 valence electrons. The Morgan fingerprint density at radius 1 is 1.18 bits per heavy atom. The van der Waals surface area contributed by atoms with E-state index < -0.39 is 0 Å². The van der Waals surface area contributed by atoms with E-state index in [1.165, 1.54) is 11.8 Å². The first-order valence-corrected chi connectivity index (χ1v) is 10.3. The highest BCUT2D eigenvalue weighted by atomic mass is 32.2. The van der Waals surface area contributed by atoms with Crippen molar-refractivity contribution in [3.05, 3.63) is 60.2 Å². The van der Waals surface area contributed by atoms with Gasteiger partial charge in [0.05, 0.1) is 16.3 Å². The van der Waals surface area contributed by atoms with Crippen LogP contribution in [0.2, 0.25) is 0 Å². The molecule has 5 nitrogen and oxygen atoms in total. The number of hydrogen-bond donors (Lipinski definition) is 1. The Balaban J connectivity index is 1.36. The van der Waals surface area contributed by atoms with Crippen molar-refractivity contribution < 1.29 is 9.59 Å². The van der Waals surface area contributed by atoms with E-state index in [9.17, 15) is 9.59 Å². The van der Waals surface area contributed by atoms with Crippen molar-refractivity contribution >= 4 is 45.9 Å². The van der Waals surface area contributed by atoms with Crippen molar-refractivity contribution in [2.75, 3.05) is 22.5 Å². The van der Waals surface area contributed by atoms with Crippen molar-refractivity contribution in [2.45, 2.75) is 24.8 Å². The van der Waals surface area contributed by atoms with Crippen molar-refractivity contribution in [3.63, 3.8) is 0 Å². The fourth-order valence-electron chi connectivity index (χ4n) is 3.37. The maximum absolute atomic E-state index is 12.3. The van der Waals surface area contributed by atoms with E-state index in [1.54, 1.807) is 4.90 Å². The fourth-order valence-corrected chi connectivity index (χ4v) is 4.15. The summed E-state index contributed by atoms with van der Waals surface area (Å²) in [5.41, 5.74) is 3.70. The molecule has 0 atom stereocenters. The average molecular weight is 391 g/mol. The number of anilines is 2. The van der Waals surface area contributed by atoms with Crippen molar-refractivity contribution in [2.24, 2.45) is 0 Å². The molecule has 0 unspecified atom stereocenters. The smallest absolute Gasteiger partial charge is 0.234 e. The molecule has 4 rings (SSSR count). The van der Waals surface area contributed by atoms with Crippen LogP contribution in [0.3, 0.4) is 0 Å². The minimum absolute atomic E-state index is 0.0809. The number of nitrogens with zero attached hydrogens (tertiary/aromatic N) is 2. The summed E-state index contributed by atoms with van der Waals surface area (Å²) in [7, 11) is 0. The van der Waals surface area contributed by atoms with Crippen molar-refractivity contribution in [1.29, 1.82) is 0 Å². The second-order valence-corrected chi connectivity index (χ2v) is 7.82. The van der Waals surface area contributed by atoms with Gasteiger partial charge in [-0.05, 0) is 55.3 Å².